The molecular weight excluding hydrogens is 254 g/mol. The maximum absolute atomic E-state index is 5.90. The highest BCUT2D eigenvalue weighted by Gasteiger charge is 2.10. The molecular formula is C12H14ClN3S. The number of halogens is 1. The van der Waals surface area contributed by atoms with Crippen molar-refractivity contribution in [1.29, 1.82) is 0 Å². The first-order chi connectivity index (χ1) is 8.28. The van der Waals surface area contributed by atoms with Crippen molar-refractivity contribution in [1.82, 2.24) is 10.4 Å². The fraction of sp³-hybridized carbons (Fsp3) is 0.250. The van der Waals surface area contributed by atoms with Crippen LogP contribution in [0.3, 0.4) is 0 Å². The average molecular weight is 268 g/mol. The molecule has 0 radical (unpaired) electrons. The molecule has 0 saturated carbocycles. The van der Waals surface area contributed by atoms with Gasteiger partial charge in [-0.25, -0.2) is 0 Å². The summed E-state index contributed by atoms with van der Waals surface area (Å²) >= 11 is 7.50. The van der Waals surface area contributed by atoms with Crippen molar-refractivity contribution < 1.29 is 0 Å². The van der Waals surface area contributed by atoms with Crippen LogP contribution >= 0.6 is 22.9 Å². The molecule has 1 atom stereocenters. The highest BCUT2D eigenvalue weighted by atomic mass is 35.5. The molecule has 0 spiro atoms. The number of thiophene rings is 1. The maximum atomic E-state index is 5.90. The van der Waals surface area contributed by atoms with Gasteiger partial charge in [-0.3, -0.25) is 16.3 Å². The summed E-state index contributed by atoms with van der Waals surface area (Å²) in [4.78, 5) is 5.33. The van der Waals surface area contributed by atoms with E-state index in [4.69, 9.17) is 17.4 Å². The van der Waals surface area contributed by atoms with Gasteiger partial charge in [-0.1, -0.05) is 17.7 Å². The lowest BCUT2D eigenvalue weighted by Crippen LogP contribution is -2.38. The van der Waals surface area contributed by atoms with Gasteiger partial charge in [0.25, 0.3) is 0 Å². The van der Waals surface area contributed by atoms with Gasteiger partial charge in [0, 0.05) is 23.3 Å². The van der Waals surface area contributed by atoms with Gasteiger partial charge in [-0.05, 0) is 36.6 Å². The van der Waals surface area contributed by atoms with Gasteiger partial charge in [0.05, 0.1) is 4.34 Å². The highest BCUT2D eigenvalue weighted by Crippen LogP contribution is 2.23. The molecule has 90 valence electrons. The van der Waals surface area contributed by atoms with E-state index in [-0.39, 0.29) is 6.04 Å². The summed E-state index contributed by atoms with van der Waals surface area (Å²) in [6.07, 6.45) is 5.38. The first-order valence-electron chi connectivity index (χ1n) is 5.37. The summed E-state index contributed by atoms with van der Waals surface area (Å²) in [5.41, 5.74) is 4.02. The molecule has 2 aromatic heterocycles. The van der Waals surface area contributed by atoms with Crippen molar-refractivity contribution >= 4 is 22.9 Å². The first-order valence-corrected chi connectivity index (χ1v) is 6.56. The lowest BCUT2D eigenvalue weighted by molar-refractivity contribution is 0.525. The molecule has 2 aromatic rings. The van der Waals surface area contributed by atoms with E-state index in [2.05, 4.69) is 16.5 Å². The Balaban J connectivity index is 1.98. The van der Waals surface area contributed by atoms with Crippen LogP contribution in [-0.2, 0) is 12.8 Å². The van der Waals surface area contributed by atoms with Crippen LogP contribution in [0, 0.1) is 0 Å². The first kappa shape index (κ1) is 12.5. The van der Waals surface area contributed by atoms with Crippen LogP contribution < -0.4 is 11.3 Å². The molecule has 0 aliphatic carbocycles. The Morgan fingerprint density at radius 2 is 2.24 bits per heavy atom. The molecule has 17 heavy (non-hydrogen) atoms. The second kappa shape index (κ2) is 6.12. The van der Waals surface area contributed by atoms with Crippen molar-refractivity contribution in [2.24, 2.45) is 5.84 Å². The Morgan fingerprint density at radius 3 is 2.82 bits per heavy atom. The van der Waals surface area contributed by atoms with Crippen molar-refractivity contribution in [2.45, 2.75) is 18.9 Å². The highest BCUT2D eigenvalue weighted by molar-refractivity contribution is 7.16. The van der Waals surface area contributed by atoms with Crippen molar-refractivity contribution in [3.63, 3.8) is 0 Å². The van der Waals surface area contributed by atoms with Crippen molar-refractivity contribution in [3.8, 4) is 0 Å². The molecule has 0 saturated heterocycles. The number of pyridine rings is 1. The number of nitrogens with zero attached hydrogens (tertiary/aromatic N) is 1. The third-order valence-corrected chi connectivity index (χ3v) is 3.77. The Labute approximate surface area is 110 Å². The van der Waals surface area contributed by atoms with Crippen LogP contribution in [0.5, 0.6) is 0 Å². The molecule has 0 fully saturated rings. The molecule has 1 unspecified atom stereocenters. The van der Waals surface area contributed by atoms with E-state index in [1.54, 1.807) is 17.5 Å². The minimum absolute atomic E-state index is 0.203. The number of aromatic nitrogens is 1. The number of nitrogens with two attached hydrogens (primary N) is 1. The minimum Gasteiger partial charge on any atom is -0.271 e. The van der Waals surface area contributed by atoms with Crippen LogP contribution in [0.1, 0.15) is 10.4 Å². The zero-order valence-corrected chi connectivity index (χ0v) is 10.8. The van der Waals surface area contributed by atoms with Gasteiger partial charge >= 0.3 is 0 Å². The Morgan fingerprint density at radius 1 is 1.35 bits per heavy atom. The van der Waals surface area contributed by atoms with E-state index in [0.29, 0.717) is 0 Å². The molecule has 0 aliphatic rings. The fourth-order valence-electron chi connectivity index (χ4n) is 1.70. The third-order valence-electron chi connectivity index (χ3n) is 2.52. The normalized spacial score (nSPS) is 12.6. The fourth-order valence-corrected chi connectivity index (χ4v) is 2.87. The van der Waals surface area contributed by atoms with Gasteiger partial charge in [0.15, 0.2) is 0 Å². The molecule has 2 heterocycles. The maximum Gasteiger partial charge on any atom is 0.0931 e. The second-order valence-corrected chi connectivity index (χ2v) is 5.64. The smallest absolute Gasteiger partial charge is 0.0931 e. The third kappa shape index (κ3) is 3.78. The van der Waals surface area contributed by atoms with Gasteiger partial charge in [0.2, 0.25) is 0 Å². The SMILES string of the molecule is NNC(Cc1cccnc1)Cc1ccc(Cl)s1. The molecule has 0 aliphatic heterocycles. The van der Waals surface area contributed by atoms with Crippen molar-refractivity contribution in [3.05, 3.63) is 51.4 Å². The van der Waals surface area contributed by atoms with Gasteiger partial charge in [0.1, 0.15) is 0 Å². The van der Waals surface area contributed by atoms with Crippen LogP contribution in [-0.4, -0.2) is 11.0 Å². The summed E-state index contributed by atoms with van der Waals surface area (Å²) in [7, 11) is 0. The quantitative estimate of drug-likeness (QED) is 0.646. The van der Waals surface area contributed by atoms with Gasteiger partial charge in [-0.15, -0.1) is 11.3 Å². The number of hydrogen-bond acceptors (Lipinski definition) is 4. The van der Waals surface area contributed by atoms with E-state index >= 15 is 0 Å². The van der Waals surface area contributed by atoms with E-state index in [0.717, 1.165) is 17.2 Å². The lowest BCUT2D eigenvalue weighted by Gasteiger charge is -2.14. The predicted octanol–water partition coefficient (Wildman–Crippen LogP) is 2.41. The van der Waals surface area contributed by atoms with Crippen LogP contribution in [0.25, 0.3) is 0 Å². The second-order valence-electron chi connectivity index (χ2n) is 3.84. The summed E-state index contributed by atoms with van der Waals surface area (Å²) in [6, 6.07) is 8.15. The number of hydrazine groups is 1. The summed E-state index contributed by atoms with van der Waals surface area (Å²) in [5, 5.41) is 0. The largest absolute Gasteiger partial charge is 0.271 e. The van der Waals surface area contributed by atoms with Crippen molar-refractivity contribution in [2.75, 3.05) is 0 Å². The average Bonchev–Trinajstić information content (AvgIpc) is 2.75. The van der Waals surface area contributed by atoms with Gasteiger partial charge in [-0.2, -0.15) is 0 Å². The Hall–Kier alpha value is -0.940. The monoisotopic (exact) mass is 267 g/mol. The summed E-state index contributed by atoms with van der Waals surface area (Å²) in [5.74, 6) is 5.58. The molecule has 0 aromatic carbocycles. The van der Waals surface area contributed by atoms with Crippen LogP contribution in [0.15, 0.2) is 36.7 Å². The topological polar surface area (TPSA) is 50.9 Å². The zero-order valence-electron chi connectivity index (χ0n) is 9.27. The Kier molecular flexibility index (Phi) is 4.50. The lowest BCUT2D eigenvalue weighted by atomic mass is 10.0. The standard InChI is InChI=1S/C12H14ClN3S/c13-12-4-3-11(17-12)7-10(16-14)6-9-2-1-5-15-8-9/h1-5,8,10,16H,6-7,14H2. The minimum atomic E-state index is 0.203. The molecule has 2 rings (SSSR count). The molecule has 3 nitrogen and oxygen atoms in total. The molecule has 5 heteroatoms. The van der Waals surface area contributed by atoms with E-state index < -0.39 is 0 Å². The number of nitrogens with one attached hydrogen (secondary N) is 1. The van der Waals surface area contributed by atoms with E-state index in [1.807, 2.05) is 24.4 Å². The van der Waals surface area contributed by atoms with E-state index in [9.17, 15) is 0 Å². The number of hydrogen-bond donors (Lipinski definition) is 2. The van der Waals surface area contributed by atoms with E-state index in [1.165, 1.54) is 10.4 Å². The summed E-state index contributed by atoms with van der Waals surface area (Å²) < 4.78 is 0.817. The Bertz CT molecular complexity index is 458. The van der Waals surface area contributed by atoms with Crippen LogP contribution in [0.2, 0.25) is 4.34 Å². The number of rotatable bonds is 5. The summed E-state index contributed by atoms with van der Waals surface area (Å²) in [6.45, 7) is 0. The molecule has 3 N–H and O–H groups in total. The molecule has 0 amide bonds. The molecule has 0 bridgehead atoms. The predicted molar refractivity (Wildman–Crippen MR) is 72.1 cm³/mol. The zero-order chi connectivity index (χ0) is 12.1. The van der Waals surface area contributed by atoms with Gasteiger partial charge < -0.3 is 0 Å². The van der Waals surface area contributed by atoms with Crippen LogP contribution in [0.4, 0.5) is 0 Å².